The summed E-state index contributed by atoms with van der Waals surface area (Å²) in [7, 11) is 1.34. The third-order valence-electron chi connectivity index (χ3n) is 10.6. The van der Waals surface area contributed by atoms with Gasteiger partial charge in [-0.25, -0.2) is 14.8 Å². The molecule has 0 unspecified atom stereocenters. The summed E-state index contributed by atoms with van der Waals surface area (Å²) in [6, 6.07) is 24.0. The number of hydrogen-bond donors (Lipinski definition) is 0. The van der Waals surface area contributed by atoms with Gasteiger partial charge in [0, 0.05) is 42.3 Å². The fraction of sp³-hybridized carbons (Fsp3) is 0.302. The summed E-state index contributed by atoms with van der Waals surface area (Å²) in [5.74, 6) is 1.16. The Labute approximate surface area is 321 Å². The highest BCUT2D eigenvalue weighted by Gasteiger charge is 2.33. The lowest BCUT2D eigenvalue weighted by Crippen LogP contribution is -2.36. The minimum absolute atomic E-state index is 0.0347. The van der Waals surface area contributed by atoms with Gasteiger partial charge < -0.3 is 27.9 Å². The molecule has 0 aliphatic carbocycles. The zero-order valence-corrected chi connectivity index (χ0v) is 31.2. The van der Waals surface area contributed by atoms with Gasteiger partial charge in [-0.15, -0.1) is 0 Å². The Kier molecular flexibility index (Phi) is 10.3. The number of methoxy groups -OCH3 is 1. The van der Waals surface area contributed by atoms with Gasteiger partial charge in [0.15, 0.2) is 5.58 Å². The molecule has 0 bridgehead atoms. The first-order chi connectivity index (χ1) is 27.2. The first-order valence-corrected chi connectivity index (χ1v) is 18.5. The van der Waals surface area contributed by atoms with Crippen LogP contribution in [0, 0.1) is 13.8 Å². The number of hydrogen-bond acceptors (Lipinski definition) is 10. The summed E-state index contributed by atoms with van der Waals surface area (Å²) in [5, 5.41) is 0. The number of ether oxygens (including phenoxy) is 3. The van der Waals surface area contributed by atoms with E-state index in [2.05, 4.69) is 0 Å². The Morgan fingerprint density at radius 2 is 1.57 bits per heavy atom. The molecule has 1 fully saturated rings. The van der Waals surface area contributed by atoms with Crippen molar-refractivity contribution < 1.29 is 41.4 Å². The van der Waals surface area contributed by atoms with Crippen LogP contribution < -0.4 is 4.74 Å². The van der Waals surface area contributed by atoms with E-state index in [1.165, 1.54) is 13.2 Å². The molecule has 0 spiro atoms. The molecule has 0 radical (unpaired) electrons. The molecule has 8 rings (SSSR count). The molecule has 2 aromatic heterocycles. The SMILES string of the molecule is COC(=O)[C@@H]1CCCN1Cc1cc2nc(-c3cccc(-c4cccc(-c5nc6c(o5)CCN(C(=O)OCc5ccccc5)C6)c4C)c3C)oc2cc1OC(F)F. The van der Waals surface area contributed by atoms with Crippen molar-refractivity contribution in [1.82, 2.24) is 19.8 Å². The molecule has 6 aromatic rings. The first-order valence-electron chi connectivity index (χ1n) is 18.5. The summed E-state index contributed by atoms with van der Waals surface area (Å²) in [6.45, 7) is 2.73. The van der Waals surface area contributed by atoms with E-state index in [0.717, 1.165) is 51.1 Å². The van der Waals surface area contributed by atoms with Gasteiger partial charge in [-0.05, 0) is 79.3 Å². The maximum absolute atomic E-state index is 13.6. The fourth-order valence-corrected chi connectivity index (χ4v) is 7.68. The maximum Gasteiger partial charge on any atom is 0.410 e. The number of carbonyl (C=O) groups is 2. The Morgan fingerprint density at radius 1 is 0.875 bits per heavy atom. The number of likely N-dealkylation sites (tertiary alicyclic amines) is 1. The van der Waals surface area contributed by atoms with Crippen molar-refractivity contribution in [2.75, 3.05) is 20.2 Å². The highest BCUT2D eigenvalue weighted by molar-refractivity contribution is 5.84. The summed E-state index contributed by atoms with van der Waals surface area (Å²) in [6.07, 6.45) is 1.54. The molecule has 0 N–H and O–H groups in total. The number of nitrogens with zero attached hydrogens (tertiary/aromatic N) is 4. The predicted molar refractivity (Wildman–Crippen MR) is 203 cm³/mol. The van der Waals surface area contributed by atoms with Crippen molar-refractivity contribution in [2.24, 2.45) is 0 Å². The lowest BCUT2D eigenvalue weighted by molar-refractivity contribution is -0.146. The summed E-state index contributed by atoms with van der Waals surface area (Å²) in [5.41, 5.74) is 8.18. The molecule has 4 aromatic carbocycles. The van der Waals surface area contributed by atoms with Crippen LogP contribution in [0.15, 0.2) is 87.7 Å². The number of amides is 1. The Bertz CT molecular complexity index is 2410. The van der Waals surface area contributed by atoms with Crippen molar-refractivity contribution in [2.45, 2.75) is 65.5 Å². The molecule has 11 nitrogen and oxygen atoms in total. The average molecular weight is 763 g/mol. The standard InChI is InChI=1S/C43H40F2N4O7/c1-25-29(30-13-8-15-32(26(30)2)40-47-34-23-49(19-17-36(34)54-40)43(51)53-24-27-10-5-4-6-11-27)12-7-14-31(25)39-46-33-20-28(37(56-42(44)45)21-38(33)55-39)22-48-18-9-16-35(48)41(50)52-3/h4-8,10-15,20-21,35,42H,9,16-19,22-24H2,1-3H3/t35-/m0/s1. The van der Waals surface area contributed by atoms with E-state index in [1.807, 2.05) is 85.5 Å². The second-order valence-corrected chi connectivity index (χ2v) is 14.0. The summed E-state index contributed by atoms with van der Waals surface area (Å²) >= 11 is 0. The first kappa shape index (κ1) is 36.9. The van der Waals surface area contributed by atoms with Crippen LogP contribution in [0.3, 0.4) is 0 Å². The Hall–Kier alpha value is -6.08. The van der Waals surface area contributed by atoms with Crippen LogP contribution in [0.5, 0.6) is 5.75 Å². The molecular formula is C43H40F2N4O7. The number of alkyl halides is 2. The van der Waals surface area contributed by atoms with Crippen LogP contribution in [-0.2, 0) is 40.4 Å². The van der Waals surface area contributed by atoms with Crippen molar-refractivity contribution in [1.29, 1.82) is 0 Å². The van der Waals surface area contributed by atoms with Crippen molar-refractivity contribution >= 4 is 23.2 Å². The van der Waals surface area contributed by atoms with Crippen molar-refractivity contribution in [3.63, 3.8) is 0 Å². The molecule has 56 heavy (non-hydrogen) atoms. The Balaban J connectivity index is 1.05. The summed E-state index contributed by atoms with van der Waals surface area (Å²) < 4.78 is 55.1. The van der Waals surface area contributed by atoms with E-state index in [9.17, 15) is 18.4 Å². The number of rotatable bonds is 10. The van der Waals surface area contributed by atoms with Gasteiger partial charge in [0.2, 0.25) is 11.8 Å². The smallest absolute Gasteiger partial charge is 0.410 e. The fourth-order valence-electron chi connectivity index (χ4n) is 7.68. The van der Waals surface area contributed by atoms with Crippen LogP contribution in [0.25, 0.3) is 45.1 Å². The van der Waals surface area contributed by atoms with Gasteiger partial charge in [0.25, 0.3) is 0 Å². The van der Waals surface area contributed by atoms with E-state index in [0.29, 0.717) is 66.6 Å². The number of esters is 1. The third-order valence-corrected chi connectivity index (χ3v) is 10.6. The van der Waals surface area contributed by atoms with Gasteiger partial charge in [-0.1, -0.05) is 54.6 Å². The van der Waals surface area contributed by atoms with E-state index in [4.69, 9.17) is 33.0 Å². The topological polar surface area (TPSA) is 120 Å². The average Bonchev–Trinajstić information content (AvgIpc) is 3.95. The van der Waals surface area contributed by atoms with Crippen molar-refractivity contribution in [3.8, 4) is 39.8 Å². The minimum Gasteiger partial charge on any atom is -0.468 e. The third kappa shape index (κ3) is 7.34. The number of benzene rings is 4. The highest BCUT2D eigenvalue weighted by Crippen LogP contribution is 2.39. The zero-order valence-electron chi connectivity index (χ0n) is 31.2. The summed E-state index contributed by atoms with van der Waals surface area (Å²) in [4.78, 5) is 38.4. The minimum atomic E-state index is -3.05. The second kappa shape index (κ2) is 15.6. The second-order valence-electron chi connectivity index (χ2n) is 14.0. The van der Waals surface area contributed by atoms with Crippen molar-refractivity contribution in [3.05, 3.63) is 113 Å². The van der Waals surface area contributed by atoms with Crippen LogP contribution in [-0.4, -0.2) is 64.7 Å². The van der Waals surface area contributed by atoms with Crippen LogP contribution in [0.2, 0.25) is 0 Å². The quantitative estimate of drug-likeness (QED) is 0.125. The molecule has 13 heteroatoms. The lowest BCUT2D eigenvalue weighted by atomic mass is 9.91. The Morgan fingerprint density at radius 3 is 2.27 bits per heavy atom. The van der Waals surface area contributed by atoms with Gasteiger partial charge in [0.1, 0.15) is 35.4 Å². The monoisotopic (exact) mass is 762 g/mol. The highest BCUT2D eigenvalue weighted by atomic mass is 19.3. The number of aromatic nitrogens is 2. The number of halogens is 2. The van der Waals surface area contributed by atoms with Gasteiger partial charge in [-0.3, -0.25) is 9.69 Å². The molecule has 288 valence electrons. The van der Waals surface area contributed by atoms with Gasteiger partial charge >= 0.3 is 18.7 Å². The van der Waals surface area contributed by atoms with Gasteiger partial charge in [-0.2, -0.15) is 8.78 Å². The van der Waals surface area contributed by atoms with Crippen LogP contribution in [0.4, 0.5) is 13.6 Å². The molecule has 1 saturated heterocycles. The largest absolute Gasteiger partial charge is 0.468 e. The molecular weight excluding hydrogens is 722 g/mol. The predicted octanol–water partition coefficient (Wildman–Crippen LogP) is 8.87. The van der Waals surface area contributed by atoms with E-state index >= 15 is 0 Å². The number of fused-ring (bicyclic) bond motifs is 2. The molecule has 1 amide bonds. The number of oxazole rings is 2. The van der Waals surface area contributed by atoms with Crippen LogP contribution in [0.1, 0.15) is 46.5 Å². The van der Waals surface area contributed by atoms with Gasteiger partial charge in [0.05, 0.1) is 13.7 Å². The van der Waals surface area contributed by atoms with E-state index < -0.39 is 18.7 Å². The molecule has 0 saturated carbocycles. The lowest BCUT2D eigenvalue weighted by Gasteiger charge is -2.24. The zero-order chi connectivity index (χ0) is 38.9. The van der Waals surface area contributed by atoms with Crippen LogP contribution >= 0.6 is 0 Å². The molecule has 1 atom stereocenters. The normalized spacial score (nSPS) is 15.7. The molecule has 2 aliphatic rings. The molecule has 2 aliphatic heterocycles. The molecule has 4 heterocycles. The van der Waals surface area contributed by atoms with E-state index in [1.54, 1.807) is 11.0 Å². The maximum atomic E-state index is 13.6. The van der Waals surface area contributed by atoms with E-state index in [-0.39, 0.29) is 24.9 Å². The number of carbonyl (C=O) groups excluding carboxylic acids is 2.